The van der Waals surface area contributed by atoms with E-state index in [0.717, 1.165) is 18.1 Å². The molecule has 2 rings (SSSR count). The molecular formula is C12H17ClN2. The van der Waals surface area contributed by atoms with Crippen molar-refractivity contribution in [3.05, 3.63) is 34.3 Å². The average molecular weight is 225 g/mol. The Morgan fingerprint density at radius 1 is 1.47 bits per heavy atom. The first-order chi connectivity index (χ1) is 7.08. The highest BCUT2D eigenvalue weighted by Gasteiger charge is 2.23. The average Bonchev–Trinajstić information content (AvgIpc) is 2.18. The van der Waals surface area contributed by atoms with Crippen LogP contribution in [0, 0.1) is 0 Å². The van der Waals surface area contributed by atoms with Gasteiger partial charge in [-0.25, -0.2) is 0 Å². The number of hydrogen-bond donors (Lipinski definition) is 1. The van der Waals surface area contributed by atoms with Crippen LogP contribution in [0.2, 0.25) is 5.02 Å². The van der Waals surface area contributed by atoms with E-state index in [1.807, 2.05) is 12.1 Å². The van der Waals surface area contributed by atoms with E-state index in [0.29, 0.717) is 6.04 Å². The maximum Gasteiger partial charge on any atom is 0.0428 e. The lowest BCUT2D eigenvalue weighted by Crippen LogP contribution is -2.40. The largest absolute Gasteiger partial charge is 0.323 e. The summed E-state index contributed by atoms with van der Waals surface area (Å²) in [6, 6.07) is 6.66. The zero-order valence-corrected chi connectivity index (χ0v) is 9.96. The number of halogens is 1. The summed E-state index contributed by atoms with van der Waals surface area (Å²) in [5.41, 5.74) is 8.66. The molecule has 1 aliphatic heterocycles. The van der Waals surface area contributed by atoms with Crippen molar-refractivity contribution in [1.29, 1.82) is 0 Å². The Labute approximate surface area is 96.0 Å². The molecule has 2 nitrogen and oxygen atoms in total. The van der Waals surface area contributed by atoms with Gasteiger partial charge in [-0.3, -0.25) is 4.90 Å². The molecule has 1 aliphatic rings. The van der Waals surface area contributed by atoms with Crippen LogP contribution < -0.4 is 5.73 Å². The van der Waals surface area contributed by atoms with E-state index in [4.69, 9.17) is 17.3 Å². The highest BCUT2D eigenvalue weighted by molar-refractivity contribution is 6.30. The molecule has 0 saturated carbocycles. The van der Waals surface area contributed by atoms with E-state index in [1.54, 1.807) is 0 Å². The summed E-state index contributed by atoms with van der Waals surface area (Å²) in [5.74, 6) is 0. The Bertz CT molecular complexity index is 363. The summed E-state index contributed by atoms with van der Waals surface area (Å²) >= 11 is 5.97. The van der Waals surface area contributed by atoms with Crippen molar-refractivity contribution in [2.75, 3.05) is 6.54 Å². The van der Waals surface area contributed by atoms with Gasteiger partial charge in [0.1, 0.15) is 0 Å². The van der Waals surface area contributed by atoms with E-state index in [2.05, 4.69) is 24.8 Å². The predicted molar refractivity (Wildman–Crippen MR) is 63.9 cm³/mol. The molecule has 1 atom stereocenters. The third kappa shape index (κ3) is 2.17. The molecule has 0 spiro atoms. The van der Waals surface area contributed by atoms with Crippen LogP contribution in [-0.4, -0.2) is 17.5 Å². The van der Waals surface area contributed by atoms with Gasteiger partial charge in [-0.2, -0.15) is 0 Å². The second-order valence-electron chi connectivity index (χ2n) is 4.47. The lowest BCUT2D eigenvalue weighted by molar-refractivity contribution is 0.185. The first-order valence-electron chi connectivity index (χ1n) is 5.36. The maximum absolute atomic E-state index is 6.14. The molecule has 0 bridgehead atoms. The number of nitrogens with two attached hydrogens (primary N) is 1. The summed E-state index contributed by atoms with van der Waals surface area (Å²) in [4.78, 5) is 2.39. The van der Waals surface area contributed by atoms with Crippen molar-refractivity contribution in [2.24, 2.45) is 5.73 Å². The smallest absolute Gasteiger partial charge is 0.0428 e. The number of hydrogen-bond acceptors (Lipinski definition) is 2. The summed E-state index contributed by atoms with van der Waals surface area (Å²) in [5, 5.41) is 0.780. The van der Waals surface area contributed by atoms with E-state index < -0.39 is 0 Å². The van der Waals surface area contributed by atoms with Crippen LogP contribution in [0.1, 0.15) is 31.0 Å². The van der Waals surface area contributed by atoms with Gasteiger partial charge in [0.15, 0.2) is 0 Å². The Balaban J connectivity index is 2.32. The van der Waals surface area contributed by atoms with E-state index >= 15 is 0 Å². The molecule has 82 valence electrons. The van der Waals surface area contributed by atoms with Crippen LogP contribution in [0.25, 0.3) is 0 Å². The standard InChI is InChI=1S/C12H17ClN2/c1-8(2)15-6-9-3-4-10(13)5-11(9)12(14)7-15/h3-5,8,12H,6-7,14H2,1-2H3. The summed E-state index contributed by atoms with van der Waals surface area (Å²) in [6.07, 6.45) is 0. The molecule has 0 aromatic heterocycles. The summed E-state index contributed by atoms with van der Waals surface area (Å²) < 4.78 is 0. The normalized spacial score (nSPS) is 21.8. The zero-order chi connectivity index (χ0) is 11.0. The second kappa shape index (κ2) is 4.12. The number of benzene rings is 1. The molecular weight excluding hydrogens is 208 g/mol. The van der Waals surface area contributed by atoms with Gasteiger partial charge < -0.3 is 5.73 Å². The van der Waals surface area contributed by atoms with Gasteiger partial charge >= 0.3 is 0 Å². The minimum atomic E-state index is 0.0925. The molecule has 0 amide bonds. The lowest BCUT2D eigenvalue weighted by Gasteiger charge is -2.35. The van der Waals surface area contributed by atoms with Gasteiger partial charge in [0.25, 0.3) is 0 Å². The van der Waals surface area contributed by atoms with Crippen LogP contribution in [0.4, 0.5) is 0 Å². The molecule has 0 aliphatic carbocycles. The first-order valence-corrected chi connectivity index (χ1v) is 5.73. The highest BCUT2D eigenvalue weighted by Crippen LogP contribution is 2.28. The van der Waals surface area contributed by atoms with Crippen LogP contribution in [0.15, 0.2) is 18.2 Å². The zero-order valence-electron chi connectivity index (χ0n) is 9.20. The molecule has 1 heterocycles. The SMILES string of the molecule is CC(C)N1Cc2ccc(Cl)cc2C(N)C1. The fraction of sp³-hybridized carbons (Fsp3) is 0.500. The Morgan fingerprint density at radius 2 is 2.20 bits per heavy atom. The van der Waals surface area contributed by atoms with Gasteiger partial charge in [0.2, 0.25) is 0 Å². The van der Waals surface area contributed by atoms with Crippen molar-refractivity contribution in [3.63, 3.8) is 0 Å². The fourth-order valence-corrected chi connectivity index (χ4v) is 2.26. The second-order valence-corrected chi connectivity index (χ2v) is 4.91. The number of nitrogens with zero attached hydrogens (tertiary/aromatic N) is 1. The molecule has 0 saturated heterocycles. The first kappa shape index (κ1) is 10.9. The monoisotopic (exact) mass is 224 g/mol. The molecule has 3 heteroatoms. The van der Waals surface area contributed by atoms with E-state index in [9.17, 15) is 0 Å². The van der Waals surface area contributed by atoms with Gasteiger partial charge in [-0.05, 0) is 37.1 Å². The summed E-state index contributed by atoms with van der Waals surface area (Å²) in [7, 11) is 0. The van der Waals surface area contributed by atoms with Gasteiger partial charge in [-0.15, -0.1) is 0 Å². The molecule has 2 N–H and O–H groups in total. The van der Waals surface area contributed by atoms with Crippen LogP contribution in [0.3, 0.4) is 0 Å². The van der Waals surface area contributed by atoms with Gasteiger partial charge in [0, 0.05) is 30.2 Å². The highest BCUT2D eigenvalue weighted by atomic mass is 35.5. The third-order valence-electron chi connectivity index (χ3n) is 3.04. The Morgan fingerprint density at radius 3 is 2.87 bits per heavy atom. The third-order valence-corrected chi connectivity index (χ3v) is 3.28. The van der Waals surface area contributed by atoms with Crippen molar-refractivity contribution in [1.82, 2.24) is 4.90 Å². The van der Waals surface area contributed by atoms with Crippen molar-refractivity contribution >= 4 is 11.6 Å². The molecule has 0 fully saturated rings. The Hall–Kier alpha value is -0.570. The molecule has 1 aromatic rings. The Kier molecular flexibility index (Phi) is 3.01. The maximum atomic E-state index is 6.14. The number of rotatable bonds is 1. The number of fused-ring (bicyclic) bond motifs is 1. The molecule has 15 heavy (non-hydrogen) atoms. The minimum absolute atomic E-state index is 0.0925. The van der Waals surface area contributed by atoms with Crippen LogP contribution in [0.5, 0.6) is 0 Å². The topological polar surface area (TPSA) is 29.3 Å². The van der Waals surface area contributed by atoms with E-state index in [-0.39, 0.29) is 6.04 Å². The molecule has 1 aromatic carbocycles. The van der Waals surface area contributed by atoms with Crippen molar-refractivity contribution in [2.45, 2.75) is 32.5 Å². The van der Waals surface area contributed by atoms with Gasteiger partial charge in [-0.1, -0.05) is 17.7 Å². The van der Waals surface area contributed by atoms with Crippen LogP contribution in [-0.2, 0) is 6.54 Å². The molecule has 0 radical (unpaired) electrons. The van der Waals surface area contributed by atoms with E-state index in [1.165, 1.54) is 11.1 Å². The fourth-order valence-electron chi connectivity index (χ4n) is 2.08. The van der Waals surface area contributed by atoms with Crippen LogP contribution >= 0.6 is 11.6 Å². The lowest BCUT2D eigenvalue weighted by atomic mass is 9.95. The van der Waals surface area contributed by atoms with Crippen molar-refractivity contribution in [3.8, 4) is 0 Å². The minimum Gasteiger partial charge on any atom is -0.323 e. The predicted octanol–water partition coefficient (Wildman–Crippen LogP) is 2.56. The van der Waals surface area contributed by atoms with Crippen molar-refractivity contribution < 1.29 is 0 Å². The summed E-state index contributed by atoms with van der Waals surface area (Å²) in [6.45, 7) is 6.31. The molecule has 1 unspecified atom stereocenters. The van der Waals surface area contributed by atoms with Gasteiger partial charge in [0.05, 0.1) is 0 Å². The quantitative estimate of drug-likeness (QED) is 0.795.